The van der Waals surface area contributed by atoms with Crippen molar-refractivity contribution < 1.29 is 4.79 Å². The molecule has 0 atom stereocenters. The number of aromatic nitrogens is 2. The quantitative estimate of drug-likeness (QED) is 0.832. The monoisotopic (exact) mass is 352 g/mol. The van der Waals surface area contributed by atoms with Gasteiger partial charge in [0.05, 0.1) is 16.2 Å². The van der Waals surface area contributed by atoms with E-state index in [1.54, 1.807) is 12.4 Å². The number of carbonyl (C=O) groups excluding carboxylic acids is 1. The maximum atomic E-state index is 12.3. The Bertz CT molecular complexity index is 708. The zero-order valence-corrected chi connectivity index (χ0v) is 14.4. The molecule has 0 bridgehead atoms. The van der Waals surface area contributed by atoms with E-state index in [1.165, 1.54) is 4.68 Å². The van der Waals surface area contributed by atoms with Crippen LogP contribution >= 0.6 is 23.2 Å². The number of hydrogen-bond acceptors (Lipinski definition) is 3. The van der Waals surface area contributed by atoms with Crippen LogP contribution in [0, 0.1) is 6.92 Å². The fourth-order valence-electron chi connectivity index (χ4n) is 2.66. The predicted octanol–water partition coefficient (Wildman–Crippen LogP) is 3.28. The lowest BCUT2D eigenvalue weighted by Crippen LogP contribution is -2.49. The zero-order valence-electron chi connectivity index (χ0n) is 12.9. The van der Waals surface area contributed by atoms with Gasteiger partial charge in [0, 0.05) is 38.9 Å². The number of piperazine rings is 1. The molecule has 122 valence electrons. The van der Waals surface area contributed by atoms with Gasteiger partial charge in [-0.3, -0.25) is 4.90 Å². The first kappa shape index (κ1) is 16.3. The topological polar surface area (TPSA) is 41.4 Å². The highest BCUT2D eigenvalue weighted by Crippen LogP contribution is 2.23. The van der Waals surface area contributed by atoms with Crippen LogP contribution in [0.3, 0.4) is 0 Å². The molecular formula is C16H18Cl2N4O. The molecule has 0 aliphatic carbocycles. The lowest BCUT2D eigenvalue weighted by molar-refractivity contribution is 0.134. The standard InChI is InChI=1S/C16H18Cl2N4O/c1-12-9-19-22(10-12)16(23)21-6-4-20(5-7-21)11-13-2-3-14(17)15(18)8-13/h2-3,8-10H,4-7,11H2,1H3. The first-order chi connectivity index (χ1) is 11.0. The molecule has 2 aromatic rings. The molecule has 0 radical (unpaired) electrons. The second-order valence-corrected chi connectivity index (χ2v) is 6.57. The van der Waals surface area contributed by atoms with E-state index in [2.05, 4.69) is 10.00 Å². The Morgan fingerprint density at radius 3 is 2.52 bits per heavy atom. The molecule has 2 heterocycles. The summed E-state index contributed by atoms with van der Waals surface area (Å²) in [7, 11) is 0. The maximum Gasteiger partial charge on any atom is 0.344 e. The molecule has 1 aromatic heterocycles. The van der Waals surface area contributed by atoms with Crippen molar-refractivity contribution in [3.63, 3.8) is 0 Å². The molecule has 1 amide bonds. The lowest BCUT2D eigenvalue weighted by atomic mass is 10.2. The highest BCUT2D eigenvalue weighted by Gasteiger charge is 2.22. The predicted molar refractivity (Wildman–Crippen MR) is 91.1 cm³/mol. The minimum Gasteiger partial charge on any atom is -0.320 e. The number of benzene rings is 1. The summed E-state index contributed by atoms with van der Waals surface area (Å²) in [5.74, 6) is 0. The number of nitrogens with zero attached hydrogens (tertiary/aromatic N) is 4. The average Bonchev–Trinajstić information content (AvgIpc) is 2.97. The Hall–Kier alpha value is -1.56. The van der Waals surface area contributed by atoms with Crippen LogP contribution in [0.25, 0.3) is 0 Å². The van der Waals surface area contributed by atoms with Gasteiger partial charge in [0.2, 0.25) is 0 Å². The lowest BCUT2D eigenvalue weighted by Gasteiger charge is -2.34. The van der Waals surface area contributed by atoms with Crippen LogP contribution in [-0.2, 0) is 6.54 Å². The van der Waals surface area contributed by atoms with Crippen LogP contribution in [0.15, 0.2) is 30.6 Å². The van der Waals surface area contributed by atoms with Crippen molar-refractivity contribution >= 4 is 29.2 Å². The van der Waals surface area contributed by atoms with E-state index >= 15 is 0 Å². The third-order valence-corrected chi connectivity index (χ3v) is 4.68. The summed E-state index contributed by atoms with van der Waals surface area (Å²) in [5, 5.41) is 5.23. The van der Waals surface area contributed by atoms with Gasteiger partial charge in [0.15, 0.2) is 0 Å². The van der Waals surface area contributed by atoms with Gasteiger partial charge in [-0.2, -0.15) is 9.78 Å². The van der Waals surface area contributed by atoms with E-state index in [4.69, 9.17) is 23.2 Å². The normalized spacial score (nSPS) is 15.9. The van der Waals surface area contributed by atoms with E-state index < -0.39 is 0 Å². The zero-order chi connectivity index (χ0) is 16.4. The molecule has 1 fully saturated rings. The molecule has 1 saturated heterocycles. The second kappa shape index (κ2) is 6.91. The van der Waals surface area contributed by atoms with Crippen molar-refractivity contribution in [2.75, 3.05) is 26.2 Å². The van der Waals surface area contributed by atoms with Crippen molar-refractivity contribution in [3.05, 3.63) is 51.8 Å². The van der Waals surface area contributed by atoms with E-state index in [0.717, 1.165) is 30.8 Å². The van der Waals surface area contributed by atoms with Gasteiger partial charge in [-0.1, -0.05) is 29.3 Å². The largest absolute Gasteiger partial charge is 0.344 e. The molecule has 0 N–H and O–H groups in total. The van der Waals surface area contributed by atoms with Crippen molar-refractivity contribution in [1.29, 1.82) is 0 Å². The van der Waals surface area contributed by atoms with Crippen molar-refractivity contribution in [3.8, 4) is 0 Å². The van der Waals surface area contributed by atoms with Crippen LogP contribution in [0.2, 0.25) is 10.0 Å². The van der Waals surface area contributed by atoms with Crippen LogP contribution in [0.5, 0.6) is 0 Å². The van der Waals surface area contributed by atoms with Crippen molar-refractivity contribution in [2.24, 2.45) is 0 Å². The summed E-state index contributed by atoms with van der Waals surface area (Å²) >= 11 is 12.0. The minimum atomic E-state index is -0.0627. The molecule has 5 nitrogen and oxygen atoms in total. The minimum absolute atomic E-state index is 0.0627. The number of hydrogen-bond donors (Lipinski definition) is 0. The first-order valence-corrected chi connectivity index (χ1v) is 8.25. The van der Waals surface area contributed by atoms with Crippen LogP contribution in [0.1, 0.15) is 11.1 Å². The maximum absolute atomic E-state index is 12.3. The summed E-state index contributed by atoms with van der Waals surface area (Å²) in [6.45, 7) is 5.77. The molecular weight excluding hydrogens is 335 g/mol. The van der Waals surface area contributed by atoms with Gasteiger partial charge >= 0.3 is 6.03 Å². The third-order valence-electron chi connectivity index (χ3n) is 3.94. The molecule has 0 spiro atoms. The summed E-state index contributed by atoms with van der Waals surface area (Å²) in [5.41, 5.74) is 2.11. The molecule has 1 aliphatic heterocycles. The summed E-state index contributed by atoms with van der Waals surface area (Å²) in [6, 6.07) is 5.64. The Morgan fingerprint density at radius 1 is 1.17 bits per heavy atom. The molecule has 7 heteroatoms. The molecule has 3 rings (SSSR count). The Morgan fingerprint density at radius 2 is 1.91 bits per heavy atom. The van der Waals surface area contributed by atoms with Crippen LogP contribution < -0.4 is 0 Å². The van der Waals surface area contributed by atoms with Gasteiger partial charge in [0.25, 0.3) is 0 Å². The van der Waals surface area contributed by atoms with Crippen molar-refractivity contribution in [2.45, 2.75) is 13.5 Å². The fourth-order valence-corrected chi connectivity index (χ4v) is 2.98. The van der Waals surface area contributed by atoms with Crippen LogP contribution in [0.4, 0.5) is 4.79 Å². The smallest absolute Gasteiger partial charge is 0.320 e. The van der Waals surface area contributed by atoms with Crippen molar-refractivity contribution in [1.82, 2.24) is 19.6 Å². The molecule has 1 aliphatic rings. The molecule has 0 unspecified atom stereocenters. The highest BCUT2D eigenvalue weighted by atomic mass is 35.5. The van der Waals surface area contributed by atoms with Gasteiger partial charge in [-0.15, -0.1) is 0 Å². The summed E-state index contributed by atoms with van der Waals surface area (Å²) < 4.78 is 1.41. The number of aryl methyl sites for hydroxylation is 1. The van der Waals surface area contributed by atoms with E-state index in [0.29, 0.717) is 23.1 Å². The van der Waals surface area contributed by atoms with E-state index in [9.17, 15) is 4.79 Å². The number of amides is 1. The third kappa shape index (κ3) is 3.86. The average molecular weight is 353 g/mol. The summed E-state index contributed by atoms with van der Waals surface area (Å²) in [4.78, 5) is 16.5. The molecule has 23 heavy (non-hydrogen) atoms. The Labute approximate surface area is 145 Å². The fraction of sp³-hybridized carbons (Fsp3) is 0.375. The number of rotatable bonds is 2. The number of halogens is 2. The van der Waals surface area contributed by atoms with Gasteiger partial charge in [0.1, 0.15) is 0 Å². The second-order valence-electron chi connectivity index (χ2n) is 5.76. The molecule has 1 aromatic carbocycles. The Balaban J connectivity index is 1.56. The first-order valence-electron chi connectivity index (χ1n) is 7.50. The van der Waals surface area contributed by atoms with E-state index in [-0.39, 0.29) is 6.03 Å². The van der Waals surface area contributed by atoms with Gasteiger partial charge in [-0.25, -0.2) is 4.79 Å². The SMILES string of the molecule is Cc1cnn(C(=O)N2CCN(Cc3ccc(Cl)c(Cl)c3)CC2)c1. The van der Waals surface area contributed by atoms with E-state index in [1.807, 2.05) is 30.0 Å². The highest BCUT2D eigenvalue weighted by molar-refractivity contribution is 6.42. The van der Waals surface area contributed by atoms with Gasteiger partial charge < -0.3 is 4.90 Å². The van der Waals surface area contributed by atoms with Gasteiger partial charge in [-0.05, 0) is 30.2 Å². The summed E-state index contributed by atoms with van der Waals surface area (Å²) in [6.07, 6.45) is 3.45. The Kier molecular flexibility index (Phi) is 4.90. The van der Waals surface area contributed by atoms with Crippen LogP contribution in [-0.4, -0.2) is 51.8 Å². The molecule has 0 saturated carbocycles. The number of carbonyl (C=O) groups is 1.